The van der Waals surface area contributed by atoms with Crippen LogP contribution in [0.4, 0.5) is 0 Å². The molecule has 0 aliphatic heterocycles. The SMILES string of the molecule is CCN(Cc1ccncc1)Cc1ccccc1O. The zero-order chi connectivity index (χ0) is 12.8. The normalized spacial score (nSPS) is 10.8. The number of nitrogens with zero attached hydrogens (tertiary/aromatic N) is 2. The van der Waals surface area contributed by atoms with Gasteiger partial charge in [0.05, 0.1) is 0 Å². The van der Waals surface area contributed by atoms with Crippen molar-refractivity contribution in [2.24, 2.45) is 0 Å². The molecule has 3 nitrogen and oxygen atoms in total. The van der Waals surface area contributed by atoms with Crippen LogP contribution in [0, 0.1) is 0 Å². The fourth-order valence-electron chi connectivity index (χ4n) is 1.91. The number of aromatic hydroxyl groups is 1. The zero-order valence-corrected chi connectivity index (χ0v) is 10.6. The second kappa shape index (κ2) is 6.17. The molecular formula is C15H18N2O. The van der Waals surface area contributed by atoms with E-state index in [0.717, 1.165) is 25.2 Å². The summed E-state index contributed by atoms with van der Waals surface area (Å²) in [6.45, 7) is 4.69. The monoisotopic (exact) mass is 242 g/mol. The van der Waals surface area contributed by atoms with Crippen molar-refractivity contribution in [3.8, 4) is 5.75 Å². The van der Waals surface area contributed by atoms with E-state index in [1.807, 2.05) is 42.7 Å². The fourth-order valence-corrected chi connectivity index (χ4v) is 1.91. The summed E-state index contributed by atoms with van der Waals surface area (Å²) in [6, 6.07) is 11.5. The van der Waals surface area contributed by atoms with Crippen molar-refractivity contribution >= 4 is 0 Å². The standard InChI is InChI=1S/C15H18N2O/c1-2-17(11-13-7-9-16-10-8-13)12-14-5-3-4-6-15(14)18/h3-10,18H,2,11-12H2,1H3. The van der Waals surface area contributed by atoms with Crippen molar-refractivity contribution in [3.05, 3.63) is 59.9 Å². The van der Waals surface area contributed by atoms with Gasteiger partial charge in [-0.15, -0.1) is 0 Å². The van der Waals surface area contributed by atoms with Gasteiger partial charge in [-0.2, -0.15) is 0 Å². The highest BCUT2D eigenvalue weighted by Gasteiger charge is 2.07. The molecule has 18 heavy (non-hydrogen) atoms. The Morgan fingerprint density at radius 2 is 1.78 bits per heavy atom. The molecule has 0 spiro atoms. The molecule has 1 heterocycles. The summed E-state index contributed by atoms with van der Waals surface area (Å²) in [5, 5.41) is 9.78. The number of phenolic OH excluding ortho intramolecular Hbond substituents is 1. The maximum Gasteiger partial charge on any atom is 0.120 e. The zero-order valence-electron chi connectivity index (χ0n) is 10.6. The maximum atomic E-state index is 9.78. The molecule has 0 unspecified atom stereocenters. The van der Waals surface area contributed by atoms with E-state index in [4.69, 9.17) is 0 Å². The van der Waals surface area contributed by atoms with Gasteiger partial charge in [-0.1, -0.05) is 25.1 Å². The lowest BCUT2D eigenvalue weighted by atomic mass is 10.1. The third-order valence-corrected chi connectivity index (χ3v) is 2.99. The van der Waals surface area contributed by atoms with Gasteiger partial charge in [-0.3, -0.25) is 9.88 Å². The van der Waals surface area contributed by atoms with E-state index in [0.29, 0.717) is 5.75 Å². The first-order valence-electron chi connectivity index (χ1n) is 6.17. The lowest BCUT2D eigenvalue weighted by Gasteiger charge is -2.21. The van der Waals surface area contributed by atoms with Crippen LogP contribution in [-0.4, -0.2) is 21.5 Å². The summed E-state index contributed by atoms with van der Waals surface area (Å²) >= 11 is 0. The van der Waals surface area contributed by atoms with Gasteiger partial charge in [0.25, 0.3) is 0 Å². The van der Waals surface area contributed by atoms with Gasteiger partial charge in [0, 0.05) is 31.0 Å². The Morgan fingerprint density at radius 1 is 1.06 bits per heavy atom. The molecule has 0 saturated heterocycles. The van der Waals surface area contributed by atoms with E-state index in [2.05, 4.69) is 16.8 Å². The fraction of sp³-hybridized carbons (Fsp3) is 0.267. The molecular weight excluding hydrogens is 224 g/mol. The van der Waals surface area contributed by atoms with Gasteiger partial charge in [0.2, 0.25) is 0 Å². The third-order valence-electron chi connectivity index (χ3n) is 2.99. The molecule has 1 N–H and O–H groups in total. The van der Waals surface area contributed by atoms with E-state index >= 15 is 0 Å². The first-order chi connectivity index (χ1) is 8.79. The minimum absolute atomic E-state index is 0.366. The number of hydrogen-bond acceptors (Lipinski definition) is 3. The van der Waals surface area contributed by atoms with Gasteiger partial charge in [-0.05, 0) is 30.3 Å². The maximum absolute atomic E-state index is 9.78. The molecule has 2 aromatic rings. The Balaban J connectivity index is 2.04. The van der Waals surface area contributed by atoms with Gasteiger partial charge in [-0.25, -0.2) is 0 Å². The Hall–Kier alpha value is -1.87. The Kier molecular flexibility index (Phi) is 4.31. The smallest absolute Gasteiger partial charge is 0.120 e. The van der Waals surface area contributed by atoms with Gasteiger partial charge >= 0.3 is 0 Å². The Bertz CT molecular complexity index is 485. The van der Waals surface area contributed by atoms with E-state index in [1.165, 1.54) is 5.56 Å². The van der Waals surface area contributed by atoms with Crippen molar-refractivity contribution < 1.29 is 5.11 Å². The molecule has 0 bridgehead atoms. The van der Waals surface area contributed by atoms with Crippen molar-refractivity contribution in [1.82, 2.24) is 9.88 Å². The number of hydrogen-bond donors (Lipinski definition) is 1. The van der Waals surface area contributed by atoms with Crippen LogP contribution in [0.2, 0.25) is 0 Å². The molecule has 1 aromatic heterocycles. The minimum Gasteiger partial charge on any atom is -0.508 e. The van der Waals surface area contributed by atoms with E-state index in [-0.39, 0.29) is 0 Å². The number of para-hydroxylation sites is 1. The average Bonchev–Trinajstić information content (AvgIpc) is 2.41. The molecule has 1 aromatic carbocycles. The molecule has 3 heteroatoms. The van der Waals surface area contributed by atoms with E-state index < -0.39 is 0 Å². The predicted octanol–water partition coefficient (Wildman–Crippen LogP) is 2.81. The molecule has 0 aliphatic carbocycles. The van der Waals surface area contributed by atoms with Crippen LogP contribution in [0.3, 0.4) is 0 Å². The molecule has 0 radical (unpaired) electrons. The topological polar surface area (TPSA) is 36.4 Å². The molecule has 0 saturated carbocycles. The van der Waals surface area contributed by atoms with Crippen LogP contribution in [0.1, 0.15) is 18.1 Å². The number of benzene rings is 1. The van der Waals surface area contributed by atoms with E-state index in [1.54, 1.807) is 6.07 Å². The van der Waals surface area contributed by atoms with Gasteiger partial charge < -0.3 is 5.11 Å². The molecule has 94 valence electrons. The minimum atomic E-state index is 0.366. The lowest BCUT2D eigenvalue weighted by Crippen LogP contribution is -2.22. The summed E-state index contributed by atoms with van der Waals surface area (Å²) in [5.74, 6) is 0.366. The second-order valence-corrected chi connectivity index (χ2v) is 4.29. The van der Waals surface area contributed by atoms with Crippen LogP contribution in [0.25, 0.3) is 0 Å². The summed E-state index contributed by atoms with van der Waals surface area (Å²) in [4.78, 5) is 6.30. The lowest BCUT2D eigenvalue weighted by molar-refractivity contribution is 0.267. The van der Waals surface area contributed by atoms with Crippen molar-refractivity contribution in [1.29, 1.82) is 0 Å². The molecule has 0 aliphatic rings. The van der Waals surface area contributed by atoms with Crippen molar-refractivity contribution in [2.75, 3.05) is 6.54 Å². The van der Waals surface area contributed by atoms with Crippen LogP contribution < -0.4 is 0 Å². The summed E-state index contributed by atoms with van der Waals surface area (Å²) in [6.07, 6.45) is 3.62. The summed E-state index contributed by atoms with van der Waals surface area (Å²) < 4.78 is 0. The molecule has 0 fully saturated rings. The Labute approximate surface area is 108 Å². The number of phenols is 1. The Morgan fingerprint density at radius 3 is 2.44 bits per heavy atom. The van der Waals surface area contributed by atoms with Crippen molar-refractivity contribution in [3.63, 3.8) is 0 Å². The molecule has 2 rings (SSSR count). The van der Waals surface area contributed by atoms with Gasteiger partial charge in [0.1, 0.15) is 5.75 Å². The van der Waals surface area contributed by atoms with Crippen LogP contribution in [-0.2, 0) is 13.1 Å². The summed E-state index contributed by atoms with van der Waals surface area (Å²) in [7, 11) is 0. The van der Waals surface area contributed by atoms with Crippen LogP contribution in [0.5, 0.6) is 5.75 Å². The first-order valence-corrected chi connectivity index (χ1v) is 6.17. The van der Waals surface area contributed by atoms with Crippen LogP contribution in [0.15, 0.2) is 48.8 Å². The van der Waals surface area contributed by atoms with E-state index in [9.17, 15) is 5.11 Å². The second-order valence-electron chi connectivity index (χ2n) is 4.29. The first kappa shape index (κ1) is 12.6. The number of pyridine rings is 1. The number of rotatable bonds is 5. The molecule has 0 amide bonds. The molecule has 0 atom stereocenters. The quantitative estimate of drug-likeness (QED) is 0.876. The highest BCUT2D eigenvalue weighted by molar-refractivity contribution is 5.31. The third kappa shape index (κ3) is 3.31. The average molecular weight is 242 g/mol. The number of aromatic nitrogens is 1. The largest absolute Gasteiger partial charge is 0.508 e. The predicted molar refractivity (Wildman–Crippen MR) is 72.1 cm³/mol. The highest BCUT2D eigenvalue weighted by Crippen LogP contribution is 2.18. The van der Waals surface area contributed by atoms with Gasteiger partial charge in [0.15, 0.2) is 0 Å². The van der Waals surface area contributed by atoms with Crippen LogP contribution >= 0.6 is 0 Å². The summed E-state index contributed by atoms with van der Waals surface area (Å²) in [5.41, 5.74) is 2.20. The van der Waals surface area contributed by atoms with Crippen molar-refractivity contribution in [2.45, 2.75) is 20.0 Å². The highest BCUT2D eigenvalue weighted by atomic mass is 16.3.